The van der Waals surface area contributed by atoms with Gasteiger partial charge in [-0.1, -0.05) is 43.8 Å². The normalized spacial score (nSPS) is 11.3. The van der Waals surface area contributed by atoms with Gasteiger partial charge in [-0.3, -0.25) is 0 Å². The third kappa shape index (κ3) is 1.97. The van der Waals surface area contributed by atoms with Gasteiger partial charge in [-0.15, -0.1) is 0 Å². The largest absolute Gasteiger partial charge is 0.362 e. The van der Waals surface area contributed by atoms with Crippen molar-refractivity contribution in [2.75, 3.05) is 0 Å². The third-order valence-corrected chi connectivity index (χ3v) is 2.11. The maximum atomic E-state index is 9.61. The monoisotopic (exact) mass is 178 g/mol. The minimum absolute atomic E-state index is 0.262. The van der Waals surface area contributed by atoms with Gasteiger partial charge in [0.25, 0.3) is 0 Å². The highest BCUT2D eigenvalue weighted by Gasteiger charge is 2.24. The second kappa shape index (κ2) is 3.73. The predicted octanol–water partition coefficient (Wildman–Crippen LogP) is 1.88. The van der Waals surface area contributed by atoms with Gasteiger partial charge in [-0.2, -0.15) is 0 Å². The zero-order valence-electron chi connectivity index (χ0n) is 7.70. The van der Waals surface area contributed by atoms with Crippen LogP contribution < -0.4 is 0 Å². The Bertz CT molecular complexity index is 303. The molecule has 0 aromatic heterocycles. The van der Waals surface area contributed by atoms with Crippen LogP contribution in [0.15, 0.2) is 30.8 Å². The average Bonchev–Trinajstić information content (AvgIpc) is 2.18. The van der Waals surface area contributed by atoms with Gasteiger partial charge in [-0.25, -0.2) is 0 Å². The Kier molecular flexibility index (Phi) is 2.86. The first-order valence-electron chi connectivity index (χ1n) is 4.28. The van der Waals surface area contributed by atoms with Crippen molar-refractivity contribution >= 4 is 6.08 Å². The minimum atomic E-state index is -1.75. The Morgan fingerprint density at radius 3 is 2.54 bits per heavy atom. The Balaban J connectivity index is 3.20. The fourth-order valence-electron chi connectivity index (χ4n) is 1.23. The van der Waals surface area contributed by atoms with Crippen molar-refractivity contribution in [1.82, 2.24) is 0 Å². The fraction of sp³-hybridized carbons (Fsp3) is 0.273. The van der Waals surface area contributed by atoms with Crippen LogP contribution in [0.2, 0.25) is 0 Å². The van der Waals surface area contributed by atoms with Crippen LogP contribution in [0.1, 0.15) is 24.5 Å². The zero-order chi connectivity index (χ0) is 9.90. The second-order valence-corrected chi connectivity index (χ2v) is 2.96. The molecule has 2 N–H and O–H groups in total. The van der Waals surface area contributed by atoms with Gasteiger partial charge >= 0.3 is 0 Å². The van der Waals surface area contributed by atoms with Crippen molar-refractivity contribution in [2.24, 2.45) is 0 Å². The first-order chi connectivity index (χ1) is 6.11. The Morgan fingerprint density at radius 2 is 2.00 bits per heavy atom. The molecule has 0 amide bonds. The number of hydrogen-bond donors (Lipinski definition) is 2. The Morgan fingerprint density at radius 1 is 1.38 bits per heavy atom. The molecule has 0 aliphatic heterocycles. The van der Waals surface area contributed by atoms with Crippen molar-refractivity contribution in [3.8, 4) is 0 Å². The SMILES string of the molecule is C=Cc1ccccc1C(O)(O)CC. The Labute approximate surface area is 78.2 Å². The van der Waals surface area contributed by atoms with E-state index >= 15 is 0 Å². The standard InChI is InChI=1S/C11H14O2/c1-3-9-7-5-6-8-10(9)11(12,13)4-2/h3,5-8,12-13H,1,4H2,2H3. The number of hydrogen-bond acceptors (Lipinski definition) is 2. The van der Waals surface area contributed by atoms with Gasteiger partial charge in [0.1, 0.15) is 0 Å². The molecule has 0 spiro atoms. The first kappa shape index (κ1) is 9.96. The summed E-state index contributed by atoms with van der Waals surface area (Å²) in [4.78, 5) is 0. The van der Waals surface area contributed by atoms with Gasteiger partial charge in [0.15, 0.2) is 5.79 Å². The van der Waals surface area contributed by atoms with Gasteiger partial charge in [0.05, 0.1) is 0 Å². The number of rotatable bonds is 3. The van der Waals surface area contributed by atoms with E-state index in [9.17, 15) is 10.2 Å². The minimum Gasteiger partial charge on any atom is -0.362 e. The van der Waals surface area contributed by atoms with Crippen LogP contribution in [0.4, 0.5) is 0 Å². The summed E-state index contributed by atoms with van der Waals surface area (Å²) in [7, 11) is 0. The highest BCUT2D eigenvalue weighted by Crippen LogP contribution is 2.25. The van der Waals surface area contributed by atoms with Crippen molar-refractivity contribution in [3.05, 3.63) is 42.0 Å². The maximum Gasteiger partial charge on any atom is 0.190 e. The van der Waals surface area contributed by atoms with Crippen LogP contribution in [0, 0.1) is 0 Å². The van der Waals surface area contributed by atoms with Crippen molar-refractivity contribution in [2.45, 2.75) is 19.1 Å². The molecule has 70 valence electrons. The molecule has 0 atom stereocenters. The molecule has 13 heavy (non-hydrogen) atoms. The van der Waals surface area contributed by atoms with Crippen LogP contribution in [0.25, 0.3) is 6.08 Å². The quantitative estimate of drug-likeness (QED) is 0.694. The van der Waals surface area contributed by atoms with Crippen LogP contribution in [-0.2, 0) is 5.79 Å². The lowest BCUT2D eigenvalue weighted by Gasteiger charge is -2.22. The molecule has 2 heteroatoms. The van der Waals surface area contributed by atoms with E-state index in [0.717, 1.165) is 5.56 Å². The van der Waals surface area contributed by atoms with E-state index in [0.29, 0.717) is 5.56 Å². The van der Waals surface area contributed by atoms with Gasteiger partial charge in [0.2, 0.25) is 0 Å². The lowest BCUT2D eigenvalue weighted by atomic mass is 9.98. The molecule has 0 bridgehead atoms. The molecule has 1 rings (SSSR count). The average molecular weight is 178 g/mol. The summed E-state index contributed by atoms with van der Waals surface area (Å²) in [6, 6.07) is 7.12. The molecule has 0 aliphatic carbocycles. The molecule has 0 unspecified atom stereocenters. The molecular formula is C11H14O2. The molecule has 0 saturated heterocycles. The van der Waals surface area contributed by atoms with Crippen molar-refractivity contribution < 1.29 is 10.2 Å². The van der Waals surface area contributed by atoms with Crippen LogP contribution in [0.3, 0.4) is 0 Å². The highest BCUT2D eigenvalue weighted by molar-refractivity contribution is 5.52. The molecule has 0 heterocycles. The Hall–Kier alpha value is -1.12. The summed E-state index contributed by atoms with van der Waals surface area (Å²) in [5, 5.41) is 19.2. The summed E-state index contributed by atoms with van der Waals surface area (Å²) in [6.45, 7) is 5.34. The lowest BCUT2D eigenvalue weighted by molar-refractivity contribution is -0.171. The summed E-state index contributed by atoms with van der Waals surface area (Å²) in [5.74, 6) is -1.75. The fourth-order valence-corrected chi connectivity index (χ4v) is 1.23. The number of benzene rings is 1. The molecule has 0 fully saturated rings. The third-order valence-electron chi connectivity index (χ3n) is 2.11. The maximum absolute atomic E-state index is 9.61. The van der Waals surface area contributed by atoms with Gasteiger partial charge in [0, 0.05) is 12.0 Å². The first-order valence-corrected chi connectivity index (χ1v) is 4.28. The predicted molar refractivity (Wildman–Crippen MR) is 52.9 cm³/mol. The van der Waals surface area contributed by atoms with E-state index in [-0.39, 0.29) is 6.42 Å². The molecule has 1 aromatic carbocycles. The summed E-state index contributed by atoms with van der Waals surface area (Å²) in [6.07, 6.45) is 1.88. The highest BCUT2D eigenvalue weighted by atomic mass is 16.5. The van der Waals surface area contributed by atoms with Crippen LogP contribution >= 0.6 is 0 Å². The van der Waals surface area contributed by atoms with Crippen molar-refractivity contribution in [1.29, 1.82) is 0 Å². The molecule has 1 aromatic rings. The summed E-state index contributed by atoms with van der Waals surface area (Å²) in [5.41, 5.74) is 1.27. The van der Waals surface area contributed by atoms with Gasteiger partial charge in [-0.05, 0) is 5.56 Å². The second-order valence-electron chi connectivity index (χ2n) is 2.96. The van der Waals surface area contributed by atoms with E-state index in [4.69, 9.17) is 0 Å². The smallest absolute Gasteiger partial charge is 0.190 e. The van der Waals surface area contributed by atoms with E-state index < -0.39 is 5.79 Å². The lowest BCUT2D eigenvalue weighted by Crippen LogP contribution is -2.24. The van der Waals surface area contributed by atoms with Crippen LogP contribution in [-0.4, -0.2) is 10.2 Å². The van der Waals surface area contributed by atoms with Gasteiger partial charge < -0.3 is 10.2 Å². The van der Waals surface area contributed by atoms with E-state index in [1.54, 1.807) is 31.2 Å². The zero-order valence-corrected chi connectivity index (χ0v) is 7.70. The topological polar surface area (TPSA) is 40.5 Å². The number of aliphatic hydroxyl groups is 2. The molecule has 0 aliphatic rings. The van der Waals surface area contributed by atoms with Crippen LogP contribution in [0.5, 0.6) is 0 Å². The molecular weight excluding hydrogens is 164 g/mol. The van der Waals surface area contributed by atoms with E-state index in [2.05, 4.69) is 6.58 Å². The summed E-state index contributed by atoms with van der Waals surface area (Å²) < 4.78 is 0. The molecule has 0 saturated carbocycles. The van der Waals surface area contributed by atoms with E-state index in [1.807, 2.05) is 6.07 Å². The summed E-state index contributed by atoms with van der Waals surface area (Å²) >= 11 is 0. The molecule has 0 radical (unpaired) electrons. The van der Waals surface area contributed by atoms with Crippen molar-refractivity contribution in [3.63, 3.8) is 0 Å². The molecule has 2 nitrogen and oxygen atoms in total. The van der Waals surface area contributed by atoms with E-state index in [1.165, 1.54) is 0 Å².